The number of hydrogen-bond acceptors (Lipinski definition) is 4. The Labute approximate surface area is 190 Å². The van der Waals surface area contributed by atoms with E-state index in [2.05, 4.69) is 4.98 Å². The summed E-state index contributed by atoms with van der Waals surface area (Å²) < 4.78 is 5.27. The summed E-state index contributed by atoms with van der Waals surface area (Å²) in [5.41, 5.74) is 3.61. The molecular formula is C27H22N2O4. The third-order valence-electron chi connectivity index (χ3n) is 5.98. The first-order chi connectivity index (χ1) is 16.0. The zero-order valence-corrected chi connectivity index (χ0v) is 18.2. The predicted octanol–water partition coefficient (Wildman–Crippen LogP) is 5.11. The molecule has 1 aliphatic heterocycles. The van der Waals surface area contributed by atoms with Gasteiger partial charge in [-0.2, -0.15) is 0 Å². The average Bonchev–Trinajstić information content (AvgIpc) is 3.37. The fraction of sp³-hybridized carbons (Fsp3) is 0.111. The van der Waals surface area contributed by atoms with E-state index >= 15 is 0 Å². The molecule has 164 valence electrons. The number of rotatable bonds is 4. The van der Waals surface area contributed by atoms with Gasteiger partial charge in [-0.3, -0.25) is 14.5 Å². The van der Waals surface area contributed by atoms with Gasteiger partial charge in [0.15, 0.2) is 0 Å². The molecule has 0 radical (unpaired) electrons. The molecule has 0 bridgehead atoms. The predicted molar refractivity (Wildman–Crippen MR) is 127 cm³/mol. The molecule has 0 spiro atoms. The number of aromatic amines is 1. The second kappa shape index (κ2) is 7.98. The largest absolute Gasteiger partial charge is 0.507 e. The van der Waals surface area contributed by atoms with Crippen LogP contribution in [0.1, 0.15) is 22.7 Å². The van der Waals surface area contributed by atoms with Crippen molar-refractivity contribution in [3.05, 3.63) is 101 Å². The molecule has 1 aromatic heterocycles. The van der Waals surface area contributed by atoms with Gasteiger partial charge in [0.1, 0.15) is 11.5 Å². The molecule has 5 rings (SSSR count). The van der Waals surface area contributed by atoms with Crippen molar-refractivity contribution in [1.82, 2.24) is 4.98 Å². The Morgan fingerprint density at radius 2 is 1.79 bits per heavy atom. The lowest BCUT2D eigenvalue weighted by Gasteiger charge is -2.25. The lowest BCUT2D eigenvalue weighted by molar-refractivity contribution is -0.132. The van der Waals surface area contributed by atoms with Crippen LogP contribution in [0.3, 0.4) is 0 Å². The van der Waals surface area contributed by atoms with Gasteiger partial charge in [0.25, 0.3) is 11.7 Å². The number of benzene rings is 3. The number of aryl methyl sites for hydroxylation is 1. The number of anilines is 1. The minimum atomic E-state index is -0.797. The minimum Gasteiger partial charge on any atom is -0.507 e. The van der Waals surface area contributed by atoms with Gasteiger partial charge in [-0.15, -0.1) is 0 Å². The Kier molecular flexibility index (Phi) is 4.98. The zero-order chi connectivity index (χ0) is 23.1. The maximum Gasteiger partial charge on any atom is 0.300 e. The number of aromatic nitrogens is 1. The van der Waals surface area contributed by atoms with Gasteiger partial charge in [0, 0.05) is 33.9 Å². The molecule has 6 heteroatoms. The van der Waals surface area contributed by atoms with Crippen LogP contribution in [0.4, 0.5) is 5.69 Å². The number of nitrogens with zero attached hydrogens (tertiary/aromatic N) is 1. The number of amides is 1. The zero-order valence-electron chi connectivity index (χ0n) is 18.2. The number of hydrogen-bond donors (Lipinski definition) is 2. The van der Waals surface area contributed by atoms with E-state index in [4.69, 9.17) is 4.74 Å². The van der Waals surface area contributed by atoms with E-state index in [1.54, 1.807) is 36.5 Å². The highest BCUT2D eigenvalue weighted by Gasteiger charge is 2.47. The van der Waals surface area contributed by atoms with Crippen LogP contribution in [-0.4, -0.2) is 28.9 Å². The molecule has 1 aliphatic rings. The molecule has 1 fully saturated rings. The van der Waals surface area contributed by atoms with E-state index < -0.39 is 17.7 Å². The topological polar surface area (TPSA) is 82.6 Å². The number of H-pyrrole nitrogens is 1. The van der Waals surface area contributed by atoms with Crippen molar-refractivity contribution in [2.75, 3.05) is 12.0 Å². The SMILES string of the molecule is COc1cccc(/C(O)=C2\C(=O)C(=O)N(c3cccc(C)c3)C2c2c[nH]c3ccccc23)c1. The smallest absolute Gasteiger partial charge is 0.300 e. The van der Waals surface area contributed by atoms with Gasteiger partial charge in [-0.1, -0.05) is 42.5 Å². The van der Waals surface area contributed by atoms with Crippen LogP contribution < -0.4 is 9.64 Å². The highest BCUT2D eigenvalue weighted by molar-refractivity contribution is 6.51. The van der Waals surface area contributed by atoms with Gasteiger partial charge in [0.05, 0.1) is 18.7 Å². The number of carbonyl (C=O) groups excluding carboxylic acids is 2. The Morgan fingerprint density at radius 3 is 2.58 bits per heavy atom. The molecule has 1 atom stereocenters. The highest BCUT2D eigenvalue weighted by atomic mass is 16.5. The minimum absolute atomic E-state index is 0.0412. The molecule has 2 N–H and O–H groups in total. The number of nitrogens with one attached hydrogen (secondary N) is 1. The number of ether oxygens (including phenoxy) is 1. The first-order valence-corrected chi connectivity index (χ1v) is 10.6. The number of ketones is 1. The van der Waals surface area contributed by atoms with Crippen LogP contribution in [0.25, 0.3) is 16.7 Å². The molecule has 3 aromatic carbocycles. The fourth-order valence-corrected chi connectivity index (χ4v) is 4.42. The van der Waals surface area contributed by atoms with Crippen LogP contribution in [0.5, 0.6) is 5.75 Å². The normalized spacial score (nSPS) is 17.6. The molecule has 4 aromatic rings. The van der Waals surface area contributed by atoms with Crippen LogP contribution in [-0.2, 0) is 9.59 Å². The van der Waals surface area contributed by atoms with E-state index in [1.165, 1.54) is 12.0 Å². The molecule has 0 aliphatic carbocycles. The van der Waals surface area contributed by atoms with Crippen LogP contribution in [0, 0.1) is 6.92 Å². The van der Waals surface area contributed by atoms with E-state index in [0.29, 0.717) is 17.0 Å². The highest BCUT2D eigenvalue weighted by Crippen LogP contribution is 2.44. The molecule has 1 amide bonds. The number of methoxy groups -OCH3 is 1. The van der Waals surface area contributed by atoms with Crippen molar-refractivity contribution in [2.45, 2.75) is 13.0 Å². The number of Topliss-reactive ketones (excluding diaryl/α,β-unsaturated/α-hetero) is 1. The lowest BCUT2D eigenvalue weighted by Crippen LogP contribution is -2.29. The van der Waals surface area contributed by atoms with Gasteiger partial charge >= 0.3 is 0 Å². The summed E-state index contributed by atoms with van der Waals surface area (Å²) in [5.74, 6) is -1.11. The summed E-state index contributed by atoms with van der Waals surface area (Å²) in [6.07, 6.45) is 1.79. The number of aliphatic hydroxyl groups is 1. The summed E-state index contributed by atoms with van der Waals surface area (Å²) in [7, 11) is 1.53. The van der Waals surface area contributed by atoms with Crippen LogP contribution in [0.15, 0.2) is 84.6 Å². The van der Waals surface area contributed by atoms with Gasteiger partial charge in [-0.25, -0.2) is 0 Å². The van der Waals surface area contributed by atoms with Crippen LogP contribution in [0.2, 0.25) is 0 Å². The molecule has 0 saturated carbocycles. The van der Waals surface area contributed by atoms with Gasteiger partial charge in [-0.05, 0) is 42.8 Å². The third-order valence-corrected chi connectivity index (χ3v) is 5.98. The molecule has 2 heterocycles. The number of fused-ring (bicyclic) bond motifs is 1. The Morgan fingerprint density at radius 1 is 1.00 bits per heavy atom. The molecular weight excluding hydrogens is 416 g/mol. The Hall–Kier alpha value is -4.32. The third kappa shape index (κ3) is 3.36. The number of para-hydroxylation sites is 1. The maximum absolute atomic E-state index is 13.3. The van der Waals surface area contributed by atoms with E-state index in [-0.39, 0.29) is 11.3 Å². The van der Waals surface area contributed by atoms with E-state index in [1.807, 2.05) is 49.4 Å². The first kappa shape index (κ1) is 20.6. The van der Waals surface area contributed by atoms with Crippen molar-refractivity contribution in [2.24, 2.45) is 0 Å². The first-order valence-electron chi connectivity index (χ1n) is 10.6. The summed E-state index contributed by atoms with van der Waals surface area (Å²) in [5, 5.41) is 12.2. The number of aliphatic hydroxyl groups excluding tert-OH is 1. The Balaban J connectivity index is 1.78. The summed E-state index contributed by atoms with van der Waals surface area (Å²) in [4.78, 5) is 31.3. The van der Waals surface area contributed by atoms with Crippen molar-refractivity contribution < 1.29 is 19.4 Å². The quantitative estimate of drug-likeness (QED) is 0.263. The van der Waals surface area contributed by atoms with Crippen molar-refractivity contribution in [3.63, 3.8) is 0 Å². The second-order valence-corrected chi connectivity index (χ2v) is 8.03. The van der Waals surface area contributed by atoms with Gasteiger partial charge < -0.3 is 14.8 Å². The van der Waals surface area contributed by atoms with Crippen molar-refractivity contribution >= 4 is 34.0 Å². The maximum atomic E-state index is 13.3. The van der Waals surface area contributed by atoms with Gasteiger partial charge in [0.2, 0.25) is 0 Å². The molecule has 1 unspecified atom stereocenters. The van der Waals surface area contributed by atoms with E-state index in [0.717, 1.165) is 22.0 Å². The second-order valence-electron chi connectivity index (χ2n) is 8.03. The molecule has 1 saturated heterocycles. The summed E-state index contributed by atoms with van der Waals surface area (Å²) in [6, 6.07) is 21.1. The van der Waals surface area contributed by atoms with Crippen LogP contribution >= 0.6 is 0 Å². The lowest BCUT2D eigenvalue weighted by atomic mass is 9.94. The average molecular weight is 438 g/mol. The summed E-state index contributed by atoms with van der Waals surface area (Å²) in [6.45, 7) is 1.93. The van der Waals surface area contributed by atoms with E-state index in [9.17, 15) is 14.7 Å². The molecule has 33 heavy (non-hydrogen) atoms. The fourth-order valence-electron chi connectivity index (χ4n) is 4.42. The monoisotopic (exact) mass is 438 g/mol. The Bertz CT molecular complexity index is 1430. The standard InChI is InChI=1S/C27H22N2O4/c1-16-7-5-9-18(13-16)29-24(21-15-28-22-12-4-3-11-20(21)22)23(26(31)27(29)32)25(30)17-8-6-10-19(14-17)33-2/h3-15,24,28,30H,1-2H3/b25-23+. The molecule has 6 nitrogen and oxygen atoms in total. The van der Waals surface area contributed by atoms with Crippen molar-refractivity contribution in [1.29, 1.82) is 0 Å². The summed E-state index contributed by atoms with van der Waals surface area (Å²) >= 11 is 0. The van der Waals surface area contributed by atoms with Crippen molar-refractivity contribution in [3.8, 4) is 5.75 Å². The number of carbonyl (C=O) groups is 2.